The van der Waals surface area contributed by atoms with E-state index >= 15 is 0 Å². The second-order valence-electron chi connectivity index (χ2n) is 3.38. The molecule has 0 radical (unpaired) electrons. The van der Waals surface area contributed by atoms with Crippen LogP contribution in [0.2, 0.25) is 0 Å². The lowest BCUT2D eigenvalue weighted by Gasteiger charge is -2.12. The van der Waals surface area contributed by atoms with Gasteiger partial charge in [0.05, 0.1) is 11.9 Å². The third-order valence-electron chi connectivity index (χ3n) is 1.84. The van der Waals surface area contributed by atoms with E-state index in [9.17, 15) is 4.79 Å². The number of urea groups is 1. The van der Waals surface area contributed by atoms with Gasteiger partial charge in [0.2, 0.25) is 0 Å². The quantitative estimate of drug-likeness (QED) is 0.612. The maximum Gasteiger partial charge on any atom is 0.316 e. The van der Waals surface area contributed by atoms with Crippen molar-refractivity contribution in [2.75, 3.05) is 38.2 Å². The molecule has 1 heterocycles. The van der Waals surface area contributed by atoms with Gasteiger partial charge >= 0.3 is 6.03 Å². The number of amides is 2. The molecule has 1 aromatic rings. The highest BCUT2D eigenvalue weighted by Gasteiger charge is 2.02. The predicted molar refractivity (Wildman–Crippen MR) is 62.0 cm³/mol. The van der Waals surface area contributed by atoms with E-state index in [0.29, 0.717) is 24.6 Å². The standard InChI is InChI=1S/C9H16N6O/c1-15(2)9(16)13-4-3-12-8-7(10)5-11-6-14-8/h5-6H,3-4,10H2,1-2H3,(H,13,16)(H,11,12,14). The molecular formula is C9H16N6O. The average Bonchev–Trinajstić information content (AvgIpc) is 2.26. The van der Waals surface area contributed by atoms with E-state index in [2.05, 4.69) is 20.6 Å². The SMILES string of the molecule is CN(C)C(=O)NCCNc1ncncc1N. The van der Waals surface area contributed by atoms with Gasteiger partial charge in [-0.25, -0.2) is 14.8 Å². The van der Waals surface area contributed by atoms with Gasteiger partial charge in [-0.3, -0.25) is 0 Å². The Morgan fingerprint density at radius 3 is 2.88 bits per heavy atom. The van der Waals surface area contributed by atoms with Crippen LogP contribution in [0, 0.1) is 0 Å². The summed E-state index contributed by atoms with van der Waals surface area (Å²) in [6.45, 7) is 1.06. The number of carbonyl (C=O) groups is 1. The van der Waals surface area contributed by atoms with Crippen molar-refractivity contribution in [2.45, 2.75) is 0 Å². The summed E-state index contributed by atoms with van der Waals surface area (Å²) < 4.78 is 0. The molecule has 0 atom stereocenters. The molecule has 88 valence electrons. The molecule has 0 unspecified atom stereocenters. The summed E-state index contributed by atoms with van der Waals surface area (Å²) in [7, 11) is 3.37. The summed E-state index contributed by atoms with van der Waals surface area (Å²) in [4.78, 5) is 20.4. The van der Waals surface area contributed by atoms with Gasteiger partial charge in [0.1, 0.15) is 6.33 Å². The number of anilines is 2. The second kappa shape index (κ2) is 5.74. The van der Waals surface area contributed by atoms with Crippen molar-refractivity contribution >= 4 is 17.5 Å². The molecular weight excluding hydrogens is 208 g/mol. The zero-order chi connectivity index (χ0) is 12.0. The lowest BCUT2D eigenvalue weighted by molar-refractivity contribution is 0.218. The minimum absolute atomic E-state index is 0.127. The van der Waals surface area contributed by atoms with Gasteiger partial charge in [-0.1, -0.05) is 0 Å². The van der Waals surface area contributed by atoms with Gasteiger partial charge in [0.15, 0.2) is 5.82 Å². The zero-order valence-corrected chi connectivity index (χ0v) is 9.40. The first-order chi connectivity index (χ1) is 7.61. The number of nitrogens with two attached hydrogens (primary N) is 1. The Kier molecular flexibility index (Phi) is 4.31. The number of aromatic nitrogens is 2. The number of nitrogens with one attached hydrogen (secondary N) is 2. The Labute approximate surface area is 94.1 Å². The van der Waals surface area contributed by atoms with Gasteiger partial charge < -0.3 is 21.3 Å². The number of nitrogen functional groups attached to an aromatic ring is 1. The molecule has 0 saturated heterocycles. The van der Waals surface area contributed by atoms with E-state index in [-0.39, 0.29) is 6.03 Å². The zero-order valence-electron chi connectivity index (χ0n) is 9.40. The minimum Gasteiger partial charge on any atom is -0.394 e. The fourth-order valence-corrected chi connectivity index (χ4v) is 0.997. The van der Waals surface area contributed by atoms with Crippen LogP contribution in [0.3, 0.4) is 0 Å². The Morgan fingerprint density at radius 2 is 2.25 bits per heavy atom. The van der Waals surface area contributed by atoms with Gasteiger partial charge in [-0.05, 0) is 0 Å². The number of hydrogen-bond acceptors (Lipinski definition) is 5. The van der Waals surface area contributed by atoms with Crippen LogP contribution in [0.5, 0.6) is 0 Å². The minimum atomic E-state index is -0.127. The van der Waals surface area contributed by atoms with E-state index in [1.165, 1.54) is 17.4 Å². The van der Waals surface area contributed by atoms with Crippen LogP contribution >= 0.6 is 0 Å². The molecule has 0 aromatic carbocycles. The van der Waals surface area contributed by atoms with E-state index < -0.39 is 0 Å². The van der Waals surface area contributed by atoms with E-state index in [1.807, 2.05) is 0 Å². The van der Waals surface area contributed by atoms with E-state index in [0.717, 1.165) is 0 Å². The third-order valence-corrected chi connectivity index (χ3v) is 1.84. The van der Waals surface area contributed by atoms with Crippen LogP contribution in [-0.2, 0) is 0 Å². The number of carbonyl (C=O) groups excluding carboxylic acids is 1. The van der Waals surface area contributed by atoms with Crippen molar-refractivity contribution in [3.8, 4) is 0 Å². The summed E-state index contributed by atoms with van der Waals surface area (Å²) >= 11 is 0. The van der Waals surface area contributed by atoms with E-state index in [4.69, 9.17) is 5.73 Å². The Hall–Kier alpha value is -2.05. The number of hydrogen-bond donors (Lipinski definition) is 3. The Bertz CT molecular complexity index is 354. The molecule has 4 N–H and O–H groups in total. The van der Waals surface area contributed by atoms with Crippen LogP contribution < -0.4 is 16.4 Å². The highest BCUT2D eigenvalue weighted by Crippen LogP contribution is 2.09. The van der Waals surface area contributed by atoms with Gasteiger partial charge in [-0.15, -0.1) is 0 Å². The number of nitrogens with zero attached hydrogens (tertiary/aromatic N) is 3. The van der Waals surface area contributed by atoms with Gasteiger partial charge in [-0.2, -0.15) is 0 Å². The molecule has 0 aliphatic carbocycles. The first kappa shape index (κ1) is 12.0. The number of rotatable bonds is 4. The lowest BCUT2D eigenvalue weighted by Crippen LogP contribution is -2.37. The third kappa shape index (κ3) is 3.60. The molecule has 1 aromatic heterocycles. The molecule has 7 heteroatoms. The van der Waals surface area contributed by atoms with Crippen LogP contribution in [0.25, 0.3) is 0 Å². The van der Waals surface area contributed by atoms with Crippen molar-refractivity contribution < 1.29 is 4.79 Å². The second-order valence-corrected chi connectivity index (χ2v) is 3.38. The fraction of sp³-hybridized carbons (Fsp3) is 0.444. The molecule has 0 aliphatic rings. The first-order valence-electron chi connectivity index (χ1n) is 4.85. The molecule has 1 rings (SSSR count). The van der Waals surface area contributed by atoms with Crippen molar-refractivity contribution in [3.63, 3.8) is 0 Å². The highest BCUT2D eigenvalue weighted by molar-refractivity contribution is 5.73. The Balaban J connectivity index is 2.26. The maximum atomic E-state index is 11.2. The molecule has 0 bridgehead atoms. The van der Waals surface area contributed by atoms with E-state index in [1.54, 1.807) is 14.1 Å². The molecule has 16 heavy (non-hydrogen) atoms. The van der Waals surface area contributed by atoms with Crippen LogP contribution in [0.15, 0.2) is 12.5 Å². The Morgan fingerprint density at radius 1 is 1.50 bits per heavy atom. The summed E-state index contributed by atoms with van der Waals surface area (Å²) in [5.74, 6) is 0.578. The van der Waals surface area contributed by atoms with Crippen LogP contribution in [0.4, 0.5) is 16.3 Å². The van der Waals surface area contributed by atoms with Crippen molar-refractivity contribution in [1.29, 1.82) is 0 Å². The normalized spacial score (nSPS) is 9.62. The summed E-state index contributed by atoms with van der Waals surface area (Å²) in [5, 5.41) is 5.71. The summed E-state index contributed by atoms with van der Waals surface area (Å²) in [6, 6.07) is -0.127. The maximum absolute atomic E-state index is 11.2. The average molecular weight is 224 g/mol. The van der Waals surface area contributed by atoms with Gasteiger partial charge in [0, 0.05) is 27.2 Å². The summed E-state index contributed by atoms with van der Waals surface area (Å²) in [6.07, 6.45) is 2.94. The van der Waals surface area contributed by atoms with Crippen molar-refractivity contribution in [3.05, 3.63) is 12.5 Å². The molecule has 0 fully saturated rings. The fourth-order valence-electron chi connectivity index (χ4n) is 0.997. The monoisotopic (exact) mass is 224 g/mol. The first-order valence-corrected chi connectivity index (χ1v) is 4.85. The molecule has 0 aliphatic heterocycles. The molecule has 2 amide bonds. The predicted octanol–water partition coefficient (Wildman–Crippen LogP) is -0.258. The lowest BCUT2D eigenvalue weighted by atomic mass is 10.4. The van der Waals surface area contributed by atoms with Crippen molar-refractivity contribution in [2.24, 2.45) is 0 Å². The summed E-state index contributed by atoms with van der Waals surface area (Å²) in [5.41, 5.74) is 6.12. The topological polar surface area (TPSA) is 96.2 Å². The largest absolute Gasteiger partial charge is 0.394 e. The smallest absolute Gasteiger partial charge is 0.316 e. The van der Waals surface area contributed by atoms with Crippen molar-refractivity contribution in [1.82, 2.24) is 20.2 Å². The molecule has 0 saturated carbocycles. The van der Waals surface area contributed by atoms with Crippen LogP contribution in [0.1, 0.15) is 0 Å². The van der Waals surface area contributed by atoms with Crippen LogP contribution in [-0.4, -0.2) is 48.1 Å². The van der Waals surface area contributed by atoms with Gasteiger partial charge in [0.25, 0.3) is 0 Å². The highest BCUT2D eigenvalue weighted by atomic mass is 16.2. The molecule has 7 nitrogen and oxygen atoms in total. The molecule has 0 spiro atoms.